The van der Waals surface area contributed by atoms with Gasteiger partial charge in [-0.05, 0) is 12.1 Å². The van der Waals surface area contributed by atoms with Crippen LogP contribution in [-0.4, -0.2) is 14.6 Å². The minimum absolute atomic E-state index is 0.0102. The lowest BCUT2D eigenvalue weighted by atomic mass is 10.3. The summed E-state index contributed by atoms with van der Waals surface area (Å²) in [6.07, 6.45) is 0. The molecule has 66 valence electrons. The Hall–Kier alpha value is -0.580. The standard InChI is InChI=1S/C7H8ClNO2S/c8-6-3-1-2-4-7(6)9-5-12(10)11/h1-4,9H,5H2,(H,10,11). The molecule has 0 saturated heterocycles. The van der Waals surface area contributed by atoms with Gasteiger partial charge in [0.2, 0.25) is 0 Å². The van der Waals surface area contributed by atoms with Gasteiger partial charge in [0, 0.05) is 0 Å². The molecule has 0 radical (unpaired) electrons. The van der Waals surface area contributed by atoms with E-state index in [1.54, 1.807) is 24.3 Å². The highest BCUT2D eigenvalue weighted by Crippen LogP contribution is 2.19. The van der Waals surface area contributed by atoms with E-state index in [0.717, 1.165) is 0 Å². The van der Waals surface area contributed by atoms with E-state index in [2.05, 4.69) is 5.32 Å². The first-order valence-electron chi connectivity index (χ1n) is 3.26. The molecule has 0 saturated carbocycles. The number of nitrogens with one attached hydrogen (secondary N) is 1. The number of hydrogen-bond donors (Lipinski definition) is 2. The zero-order valence-electron chi connectivity index (χ0n) is 6.16. The van der Waals surface area contributed by atoms with E-state index in [0.29, 0.717) is 10.7 Å². The predicted octanol–water partition coefficient (Wildman–Crippen LogP) is 1.93. The normalized spacial score (nSPS) is 12.5. The van der Waals surface area contributed by atoms with Gasteiger partial charge in [0.1, 0.15) is 5.88 Å². The summed E-state index contributed by atoms with van der Waals surface area (Å²) in [5.74, 6) is -0.0102. The highest BCUT2D eigenvalue weighted by Gasteiger charge is 1.98. The van der Waals surface area contributed by atoms with Gasteiger partial charge in [-0.15, -0.1) is 0 Å². The molecule has 5 heteroatoms. The van der Waals surface area contributed by atoms with Crippen molar-refractivity contribution in [1.29, 1.82) is 0 Å². The molecule has 2 N–H and O–H groups in total. The lowest BCUT2D eigenvalue weighted by molar-refractivity contribution is 0.566. The Morgan fingerprint density at radius 1 is 1.50 bits per heavy atom. The van der Waals surface area contributed by atoms with Crippen LogP contribution >= 0.6 is 11.6 Å². The molecule has 0 aromatic heterocycles. The molecule has 1 atom stereocenters. The minimum atomic E-state index is -1.84. The molecule has 1 aromatic carbocycles. The second-order valence-corrected chi connectivity index (χ2v) is 3.46. The number of benzene rings is 1. The van der Waals surface area contributed by atoms with Crippen LogP contribution < -0.4 is 5.32 Å². The summed E-state index contributed by atoms with van der Waals surface area (Å²) < 4.78 is 18.8. The zero-order chi connectivity index (χ0) is 8.97. The maximum atomic E-state index is 10.3. The van der Waals surface area contributed by atoms with Crippen LogP contribution in [0, 0.1) is 0 Å². The van der Waals surface area contributed by atoms with Crippen LogP contribution in [0.1, 0.15) is 0 Å². The van der Waals surface area contributed by atoms with Gasteiger partial charge in [0.05, 0.1) is 10.7 Å². The van der Waals surface area contributed by atoms with E-state index >= 15 is 0 Å². The molecule has 0 aliphatic rings. The Bertz CT molecular complexity index is 292. The fourth-order valence-electron chi connectivity index (χ4n) is 0.744. The van der Waals surface area contributed by atoms with Crippen LogP contribution in [0.15, 0.2) is 24.3 Å². The van der Waals surface area contributed by atoms with Crippen molar-refractivity contribution in [2.75, 3.05) is 11.2 Å². The number of rotatable bonds is 3. The van der Waals surface area contributed by atoms with Crippen molar-refractivity contribution < 1.29 is 8.76 Å². The highest BCUT2D eigenvalue weighted by molar-refractivity contribution is 7.79. The SMILES string of the molecule is O=S(O)CNc1ccccc1Cl. The Kier molecular flexibility index (Phi) is 3.52. The summed E-state index contributed by atoms with van der Waals surface area (Å²) in [7, 11) is 0. The van der Waals surface area contributed by atoms with Crippen LogP contribution in [0.3, 0.4) is 0 Å². The van der Waals surface area contributed by atoms with Gasteiger partial charge in [-0.3, -0.25) is 0 Å². The van der Waals surface area contributed by atoms with Gasteiger partial charge in [-0.1, -0.05) is 23.7 Å². The van der Waals surface area contributed by atoms with Gasteiger partial charge in [-0.25, -0.2) is 4.21 Å². The van der Waals surface area contributed by atoms with E-state index in [4.69, 9.17) is 16.2 Å². The number of halogens is 1. The predicted molar refractivity (Wildman–Crippen MR) is 50.7 cm³/mol. The number of para-hydroxylation sites is 1. The van der Waals surface area contributed by atoms with Crippen LogP contribution in [0.25, 0.3) is 0 Å². The maximum absolute atomic E-state index is 10.3. The number of hydrogen-bond acceptors (Lipinski definition) is 2. The summed E-state index contributed by atoms with van der Waals surface area (Å²) in [6, 6.07) is 7.05. The molecule has 1 aromatic rings. The fourth-order valence-corrected chi connectivity index (χ4v) is 1.23. The first kappa shape index (κ1) is 9.51. The van der Waals surface area contributed by atoms with Crippen molar-refractivity contribution in [3.63, 3.8) is 0 Å². The smallest absolute Gasteiger partial charge is 0.172 e. The summed E-state index contributed by atoms with van der Waals surface area (Å²) in [5, 5.41) is 3.27. The lowest BCUT2D eigenvalue weighted by Gasteiger charge is -2.04. The van der Waals surface area contributed by atoms with Crippen LogP contribution in [0.5, 0.6) is 0 Å². The minimum Gasteiger partial charge on any atom is -0.370 e. The molecule has 1 unspecified atom stereocenters. The number of anilines is 1. The van der Waals surface area contributed by atoms with Crippen molar-refractivity contribution in [2.45, 2.75) is 0 Å². The summed E-state index contributed by atoms with van der Waals surface area (Å²) in [4.78, 5) is 0. The van der Waals surface area contributed by atoms with Crippen molar-refractivity contribution in [3.05, 3.63) is 29.3 Å². The molecule has 0 amide bonds. The zero-order valence-corrected chi connectivity index (χ0v) is 7.73. The third-order valence-corrected chi connectivity index (χ3v) is 1.98. The van der Waals surface area contributed by atoms with E-state index in [1.807, 2.05) is 0 Å². The van der Waals surface area contributed by atoms with Crippen molar-refractivity contribution >= 4 is 28.4 Å². The quantitative estimate of drug-likeness (QED) is 0.742. The van der Waals surface area contributed by atoms with Crippen molar-refractivity contribution in [2.24, 2.45) is 0 Å². The molecule has 0 spiro atoms. The topological polar surface area (TPSA) is 49.3 Å². The van der Waals surface area contributed by atoms with E-state index in [-0.39, 0.29) is 5.88 Å². The summed E-state index contributed by atoms with van der Waals surface area (Å²) in [5.41, 5.74) is 0.668. The molecule has 12 heavy (non-hydrogen) atoms. The van der Waals surface area contributed by atoms with E-state index < -0.39 is 11.1 Å². The molecule has 0 aliphatic heterocycles. The Morgan fingerprint density at radius 3 is 2.75 bits per heavy atom. The van der Waals surface area contributed by atoms with E-state index in [1.165, 1.54) is 0 Å². The molecule has 0 heterocycles. The Morgan fingerprint density at radius 2 is 2.17 bits per heavy atom. The first-order chi connectivity index (χ1) is 5.70. The Balaban J connectivity index is 2.63. The van der Waals surface area contributed by atoms with Gasteiger partial charge < -0.3 is 9.87 Å². The molecule has 3 nitrogen and oxygen atoms in total. The maximum Gasteiger partial charge on any atom is 0.172 e. The van der Waals surface area contributed by atoms with Crippen molar-refractivity contribution in [1.82, 2.24) is 0 Å². The van der Waals surface area contributed by atoms with Crippen molar-refractivity contribution in [3.8, 4) is 0 Å². The average Bonchev–Trinajstić information content (AvgIpc) is 2.03. The van der Waals surface area contributed by atoms with Gasteiger partial charge in [-0.2, -0.15) is 0 Å². The van der Waals surface area contributed by atoms with Gasteiger partial charge in [0.25, 0.3) is 0 Å². The second kappa shape index (κ2) is 4.45. The molecular weight excluding hydrogens is 198 g/mol. The van der Waals surface area contributed by atoms with Crippen LogP contribution in [0.4, 0.5) is 5.69 Å². The average molecular weight is 206 g/mol. The van der Waals surface area contributed by atoms with Crippen LogP contribution in [0.2, 0.25) is 5.02 Å². The fraction of sp³-hybridized carbons (Fsp3) is 0.143. The van der Waals surface area contributed by atoms with E-state index in [9.17, 15) is 4.21 Å². The third-order valence-electron chi connectivity index (χ3n) is 1.26. The lowest BCUT2D eigenvalue weighted by Crippen LogP contribution is -2.06. The molecule has 0 fully saturated rings. The van der Waals surface area contributed by atoms with Crippen LogP contribution in [-0.2, 0) is 11.1 Å². The summed E-state index contributed by atoms with van der Waals surface area (Å²) in [6.45, 7) is 0. The largest absolute Gasteiger partial charge is 0.370 e. The van der Waals surface area contributed by atoms with Gasteiger partial charge >= 0.3 is 0 Å². The second-order valence-electron chi connectivity index (χ2n) is 2.12. The Labute approximate surface area is 78.0 Å². The molecular formula is C7H8ClNO2S. The van der Waals surface area contributed by atoms with Gasteiger partial charge in [0.15, 0.2) is 11.1 Å². The monoisotopic (exact) mass is 205 g/mol. The first-order valence-corrected chi connectivity index (χ1v) is 4.91. The highest BCUT2D eigenvalue weighted by atomic mass is 35.5. The molecule has 0 bridgehead atoms. The molecule has 0 aliphatic carbocycles. The summed E-state index contributed by atoms with van der Waals surface area (Å²) >= 11 is 3.92. The molecule has 1 rings (SSSR count). The third kappa shape index (κ3) is 2.81.